The highest BCUT2D eigenvalue weighted by atomic mass is 16.2. The third-order valence-corrected chi connectivity index (χ3v) is 5.37. The first-order valence-electron chi connectivity index (χ1n) is 8.95. The number of hydrogen-bond acceptors (Lipinski definition) is 2. The minimum atomic E-state index is 0.0130. The van der Waals surface area contributed by atoms with Crippen molar-refractivity contribution in [1.82, 2.24) is 10.2 Å². The molecule has 0 bridgehead atoms. The smallest absolute Gasteiger partial charge is 0.240 e. The number of amides is 1. The summed E-state index contributed by atoms with van der Waals surface area (Å²) in [7, 11) is 0. The molecule has 0 spiro atoms. The van der Waals surface area contributed by atoms with E-state index in [4.69, 9.17) is 0 Å². The fourth-order valence-electron chi connectivity index (χ4n) is 3.88. The van der Waals surface area contributed by atoms with Crippen LogP contribution in [0.4, 0.5) is 0 Å². The lowest BCUT2D eigenvalue weighted by Crippen LogP contribution is -2.58. The van der Waals surface area contributed by atoms with Gasteiger partial charge in [0.05, 0.1) is 6.04 Å². The highest BCUT2D eigenvalue weighted by Crippen LogP contribution is 2.33. The normalized spacial score (nSPS) is 26.2. The van der Waals surface area contributed by atoms with Crippen molar-refractivity contribution in [3.8, 4) is 0 Å². The van der Waals surface area contributed by atoms with Gasteiger partial charge in [-0.05, 0) is 50.0 Å². The third kappa shape index (κ3) is 4.21. The Balaban J connectivity index is 2.08. The van der Waals surface area contributed by atoms with Gasteiger partial charge in [-0.15, -0.1) is 0 Å². The molecule has 0 aromatic carbocycles. The summed E-state index contributed by atoms with van der Waals surface area (Å²) in [6.45, 7) is 10.9. The van der Waals surface area contributed by atoms with Crippen LogP contribution in [0, 0.1) is 11.3 Å². The van der Waals surface area contributed by atoms with Gasteiger partial charge in [-0.2, -0.15) is 0 Å². The minimum absolute atomic E-state index is 0.0130. The topological polar surface area (TPSA) is 32.3 Å². The molecule has 1 N–H and O–H groups in total. The second kappa shape index (κ2) is 7.13. The molecule has 0 aromatic heterocycles. The highest BCUT2D eigenvalue weighted by molar-refractivity contribution is 5.83. The molecule has 1 saturated carbocycles. The molecule has 0 aromatic rings. The standard InChI is InChI=1S/C18H34N2O/c1-14(2)10-13-20(15-8-5-6-9-15)17(21)16-18(3,4)11-7-12-19-16/h14-16,19H,5-13H2,1-4H3. The van der Waals surface area contributed by atoms with E-state index in [1.165, 1.54) is 32.1 Å². The monoisotopic (exact) mass is 294 g/mol. The molecule has 2 aliphatic rings. The molecule has 1 atom stereocenters. The Morgan fingerprint density at radius 3 is 2.48 bits per heavy atom. The highest BCUT2D eigenvalue weighted by Gasteiger charge is 2.41. The Labute approximate surface area is 130 Å². The van der Waals surface area contributed by atoms with E-state index in [2.05, 4.69) is 37.9 Å². The van der Waals surface area contributed by atoms with Crippen molar-refractivity contribution in [2.45, 2.75) is 84.7 Å². The summed E-state index contributed by atoms with van der Waals surface area (Å²) in [5.74, 6) is 1.03. The summed E-state index contributed by atoms with van der Waals surface area (Å²) in [6.07, 6.45) is 8.45. The molecule has 1 saturated heterocycles. The van der Waals surface area contributed by atoms with Gasteiger partial charge in [-0.25, -0.2) is 0 Å². The minimum Gasteiger partial charge on any atom is -0.338 e. The SMILES string of the molecule is CC(C)CCN(C(=O)C1NCCCC1(C)C)C1CCCC1. The summed E-state index contributed by atoms with van der Waals surface area (Å²) in [4.78, 5) is 15.4. The van der Waals surface area contributed by atoms with Gasteiger partial charge in [0.1, 0.15) is 0 Å². The quantitative estimate of drug-likeness (QED) is 0.840. The maximum atomic E-state index is 13.2. The first-order chi connectivity index (χ1) is 9.92. The van der Waals surface area contributed by atoms with Crippen LogP contribution >= 0.6 is 0 Å². The van der Waals surface area contributed by atoms with E-state index in [-0.39, 0.29) is 11.5 Å². The van der Waals surface area contributed by atoms with Crippen molar-refractivity contribution in [2.75, 3.05) is 13.1 Å². The Bertz CT molecular complexity index is 345. The van der Waals surface area contributed by atoms with Crippen molar-refractivity contribution in [2.24, 2.45) is 11.3 Å². The van der Waals surface area contributed by atoms with E-state index in [1.54, 1.807) is 0 Å². The van der Waals surface area contributed by atoms with E-state index in [9.17, 15) is 4.79 Å². The van der Waals surface area contributed by atoms with Gasteiger partial charge in [0.2, 0.25) is 5.91 Å². The average Bonchev–Trinajstić information content (AvgIpc) is 2.91. The summed E-state index contributed by atoms with van der Waals surface area (Å²) in [5.41, 5.74) is 0.0873. The molecule has 2 rings (SSSR count). The van der Waals surface area contributed by atoms with Gasteiger partial charge in [0, 0.05) is 12.6 Å². The Hall–Kier alpha value is -0.570. The van der Waals surface area contributed by atoms with Crippen LogP contribution in [-0.4, -0.2) is 36.0 Å². The molecule has 21 heavy (non-hydrogen) atoms. The number of carbonyl (C=O) groups is 1. The van der Waals surface area contributed by atoms with Crippen molar-refractivity contribution in [3.05, 3.63) is 0 Å². The second-order valence-electron chi connectivity index (χ2n) is 8.13. The van der Waals surface area contributed by atoms with Crippen LogP contribution in [0.5, 0.6) is 0 Å². The molecule has 3 nitrogen and oxygen atoms in total. The van der Waals surface area contributed by atoms with Crippen molar-refractivity contribution in [3.63, 3.8) is 0 Å². The van der Waals surface area contributed by atoms with Crippen molar-refractivity contribution >= 4 is 5.91 Å². The predicted octanol–water partition coefficient (Wildman–Crippen LogP) is 3.58. The zero-order valence-electron chi connectivity index (χ0n) is 14.5. The molecule has 0 radical (unpaired) electrons. The summed E-state index contributed by atoms with van der Waals surface area (Å²) >= 11 is 0. The number of carbonyl (C=O) groups excluding carboxylic acids is 1. The lowest BCUT2D eigenvalue weighted by atomic mass is 9.76. The molecule has 1 aliphatic heterocycles. The molecule has 2 fully saturated rings. The molecular weight excluding hydrogens is 260 g/mol. The molecule has 1 unspecified atom stereocenters. The van der Waals surface area contributed by atoms with Crippen molar-refractivity contribution < 1.29 is 4.79 Å². The average molecular weight is 294 g/mol. The zero-order chi connectivity index (χ0) is 15.5. The first kappa shape index (κ1) is 16.8. The van der Waals surface area contributed by atoms with Crippen LogP contribution < -0.4 is 5.32 Å². The maximum absolute atomic E-state index is 13.2. The summed E-state index contributed by atoms with van der Waals surface area (Å²) in [6, 6.07) is 0.509. The van der Waals surface area contributed by atoms with Crippen LogP contribution in [0.25, 0.3) is 0 Å². The van der Waals surface area contributed by atoms with Gasteiger partial charge in [-0.1, -0.05) is 40.5 Å². The predicted molar refractivity (Wildman–Crippen MR) is 88.2 cm³/mol. The van der Waals surface area contributed by atoms with Crippen LogP contribution in [0.2, 0.25) is 0 Å². The largest absolute Gasteiger partial charge is 0.338 e. The number of rotatable bonds is 5. The zero-order valence-corrected chi connectivity index (χ0v) is 14.5. The van der Waals surface area contributed by atoms with Crippen LogP contribution in [0.1, 0.15) is 72.6 Å². The Morgan fingerprint density at radius 2 is 1.90 bits per heavy atom. The molecule has 1 aliphatic carbocycles. The number of nitrogens with one attached hydrogen (secondary N) is 1. The van der Waals surface area contributed by atoms with E-state index in [0.717, 1.165) is 25.9 Å². The van der Waals surface area contributed by atoms with Crippen LogP contribution in [0.3, 0.4) is 0 Å². The molecule has 1 heterocycles. The third-order valence-electron chi connectivity index (χ3n) is 5.37. The van der Waals surface area contributed by atoms with Crippen molar-refractivity contribution in [1.29, 1.82) is 0 Å². The molecule has 3 heteroatoms. The second-order valence-corrected chi connectivity index (χ2v) is 8.13. The number of nitrogens with zero attached hydrogens (tertiary/aromatic N) is 1. The van der Waals surface area contributed by atoms with E-state index in [1.807, 2.05) is 0 Å². The van der Waals surface area contributed by atoms with Gasteiger partial charge in [0.25, 0.3) is 0 Å². The summed E-state index contributed by atoms with van der Waals surface area (Å²) < 4.78 is 0. The van der Waals surface area contributed by atoms with Gasteiger partial charge in [-0.3, -0.25) is 4.79 Å². The molecule has 1 amide bonds. The first-order valence-corrected chi connectivity index (χ1v) is 8.95. The fraction of sp³-hybridized carbons (Fsp3) is 0.944. The van der Waals surface area contributed by atoms with E-state index in [0.29, 0.717) is 17.9 Å². The van der Waals surface area contributed by atoms with E-state index >= 15 is 0 Å². The molecular formula is C18H34N2O. The van der Waals surface area contributed by atoms with Crippen LogP contribution in [-0.2, 0) is 4.79 Å². The maximum Gasteiger partial charge on any atom is 0.240 e. The van der Waals surface area contributed by atoms with E-state index < -0.39 is 0 Å². The van der Waals surface area contributed by atoms with Gasteiger partial charge < -0.3 is 10.2 Å². The number of hydrogen-bond donors (Lipinski definition) is 1. The Kier molecular flexibility index (Phi) is 5.70. The lowest BCUT2D eigenvalue weighted by molar-refractivity contribution is -0.140. The summed E-state index contributed by atoms with van der Waals surface area (Å²) in [5, 5.41) is 3.51. The van der Waals surface area contributed by atoms with Crippen LogP contribution in [0.15, 0.2) is 0 Å². The molecule has 122 valence electrons. The van der Waals surface area contributed by atoms with Gasteiger partial charge >= 0.3 is 0 Å². The number of piperidine rings is 1. The lowest BCUT2D eigenvalue weighted by Gasteiger charge is -2.42. The fourth-order valence-corrected chi connectivity index (χ4v) is 3.88. The Morgan fingerprint density at radius 1 is 1.24 bits per heavy atom. The van der Waals surface area contributed by atoms with Gasteiger partial charge in [0.15, 0.2) is 0 Å².